The Balaban J connectivity index is 2.13. The van der Waals surface area contributed by atoms with Crippen LogP contribution in [0.2, 0.25) is 0 Å². The maximum absolute atomic E-state index is 13.7. The monoisotopic (exact) mass is 291 g/mol. The molecule has 1 amide bonds. The van der Waals surface area contributed by atoms with Crippen LogP contribution in [-0.2, 0) is 0 Å². The van der Waals surface area contributed by atoms with E-state index in [-0.39, 0.29) is 23.3 Å². The number of nitrogens with one attached hydrogen (secondary N) is 1. The van der Waals surface area contributed by atoms with Gasteiger partial charge >= 0.3 is 0 Å². The second-order valence-corrected chi connectivity index (χ2v) is 5.54. The van der Waals surface area contributed by atoms with Crippen molar-refractivity contribution in [3.05, 3.63) is 35.3 Å². The number of hydrogen-bond acceptors (Lipinski definition) is 2. The number of carbonyl (C=O) groups is 1. The second kappa shape index (κ2) is 6.74. The highest BCUT2D eigenvalue weighted by atomic mass is 19.1. The number of unbranched alkanes of at least 4 members (excludes halogenated alkanes) is 2. The highest BCUT2D eigenvalue weighted by Crippen LogP contribution is 2.27. The summed E-state index contributed by atoms with van der Waals surface area (Å²) in [6.07, 6.45) is 4.34. The minimum absolute atomic E-state index is 0.0847. The van der Waals surface area contributed by atoms with E-state index in [1.807, 2.05) is 6.92 Å². The molecule has 4 heteroatoms. The molecule has 0 spiro atoms. The van der Waals surface area contributed by atoms with Gasteiger partial charge in [-0.25, -0.2) is 4.39 Å². The Labute approximate surface area is 124 Å². The maximum atomic E-state index is 13.7. The van der Waals surface area contributed by atoms with Crippen LogP contribution in [0, 0.1) is 12.7 Å². The van der Waals surface area contributed by atoms with Gasteiger partial charge in [0.1, 0.15) is 0 Å². The molecular formula is C17H22FNO2. The van der Waals surface area contributed by atoms with Crippen molar-refractivity contribution in [3.8, 4) is 0 Å². The lowest BCUT2D eigenvalue weighted by atomic mass is 10.1. The first-order valence-corrected chi connectivity index (χ1v) is 7.53. The van der Waals surface area contributed by atoms with Crippen LogP contribution < -0.4 is 5.32 Å². The highest BCUT2D eigenvalue weighted by molar-refractivity contribution is 5.99. The summed E-state index contributed by atoms with van der Waals surface area (Å²) in [5, 5.41) is 3.57. The third kappa shape index (κ3) is 3.43. The summed E-state index contributed by atoms with van der Waals surface area (Å²) in [4.78, 5) is 12.3. The third-order valence-electron chi connectivity index (χ3n) is 3.74. The van der Waals surface area contributed by atoms with Crippen LogP contribution in [0.25, 0.3) is 11.0 Å². The van der Waals surface area contributed by atoms with Crippen LogP contribution in [0.1, 0.15) is 55.6 Å². The van der Waals surface area contributed by atoms with Gasteiger partial charge in [0.05, 0.1) is 0 Å². The molecule has 2 aromatic rings. The topological polar surface area (TPSA) is 42.2 Å². The normalized spacial score (nSPS) is 12.6. The van der Waals surface area contributed by atoms with Crippen LogP contribution in [0.15, 0.2) is 22.6 Å². The van der Waals surface area contributed by atoms with E-state index in [1.54, 1.807) is 19.1 Å². The summed E-state index contributed by atoms with van der Waals surface area (Å²) in [7, 11) is 0. The molecule has 1 heterocycles. The zero-order chi connectivity index (χ0) is 15.4. The predicted octanol–water partition coefficient (Wildman–Crippen LogP) is 4.58. The molecule has 0 radical (unpaired) electrons. The van der Waals surface area contributed by atoms with E-state index in [1.165, 1.54) is 6.07 Å². The standard InChI is InChI=1S/C17H22FNO2/c1-4-5-6-8-11(2)19-17(20)15-12(3)13-9-7-10-14(18)16(13)21-15/h7,9-11H,4-6,8H2,1-3H3,(H,19,20). The van der Waals surface area contributed by atoms with E-state index in [0.29, 0.717) is 10.9 Å². The van der Waals surface area contributed by atoms with E-state index in [2.05, 4.69) is 12.2 Å². The van der Waals surface area contributed by atoms with Crippen LogP contribution in [0.4, 0.5) is 4.39 Å². The molecule has 0 aliphatic carbocycles. The Kier molecular flexibility index (Phi) is 4.99. The predicted molar refractivity (Wildman–Crippen MR) is 82.0 cm³/mol. The fourth-order valence-electron chi connectivity index (χ4n) is 2.49. The number of amides is 1. The molecule has 0 bridgehead atoms. The average molecular weight is 291 g/mol. The molecule has 1 aromatic carbocycles. The van der Waals surface area contributed by atoms with Crippen LogP contribution in [0.3, 0.4) is 0 Å². The zero-order valence-corrected chi connectivity index (χ0v) is 12.8. The molecule has 1 aromatic heterocycles. The summed E-state index contributed by atoms with van der Waals surface area (Å²) in [6.45, 7) is 5.91. The lowest BCUT2D eigenvalue weighted by molar-refractivity contribution is 0.0911. The van der Waals surface area contributed by atoms with E-state index in [9.17, 15) is 9.18 Å². The number of benzene rings is 1. The zero-order valence-electron chi connectivity index (χ0n) is 12.8. The Bertz CT molecular complexity index is 633. The average Bonchev–Trinajstić information content (AvgIpc) is 2.78. The van der Waals surface area contributed by atoms with Crippen molar-refractivity contribution in [1.82, 2.24) is 5.32 Å². The van der Waals surface area contributed by atoms with Gasteiger partial charge in [0.2, 0.25) is 0 Å². The van der Waals surface area contributed by atoms with Crippen molar-refractivity contribution in [2.45, 2.75) is 52.5 Å². The smallest absolute Gasteiger partial charge is 0.287 e. The van der Waals surface area contributed by atoms with Crippen molar-refractivity contribution in [2.75, 3.05) is 0 Å². The number of aryl methyl sites for hydroxylation is 1. The summed E-state index contributed by atoms with van der Waals surface area (Å²) < 4.78 is 19.1. The molecule has 0 fully saturated rings. The quantitative estimate of drug-likeness (QED) is 0.792. The van der Waals surface area contributed by atoms with Gasteiger partial charge < -0.3 is 9.73 Å². The van der Waals surface area contributed by atoms with Crippen molar-refractivity contribution in [2.24, 2.45) is 0 Å². The van der Waals surface area contributed by atoms with Gasteiger partial charge in [0.15, 0.2) is 17.2 Å². The molecule has 114 valence electrons. The van der Waals surface area contributed by atoms with Gasteiger partial charge in [-0.2, -0.15) is 0 Å². The lowest BCUT2D eigenvalue weighted by Gasteiger charge is -2.12. The Morgan fingerprint density at radius 2 is 2.14 bits per heavy atom. The Morgan fingerprint density at radius 1 is 1.38 bits per heavy atom. The van der Waals surface area contributed by atoms with Crippen LogP contribution >= 0.6 is 0 Å². The first-order valence-electron chi connectivity index (χ1n) is 7.53. The number of fused-ring (bicyclic) bond motifs is 1. The molecule has 1 N–H and O–H groups in total. The van der Waals surface area contributed by atoms with Crippen LogP contribution in [0.5, 0.6) is 0 Å². The third-order valence-corrected chi connectivity index (χ3v) is 3.74. The van der Waals surface area contributed by atoms with Gasteiger partial charge in [0, 0.05) is 17.0 Å². The van der Waals surface area contributed by atoms with Gasteiger partial charge in [-0.3, -0.25) is 4.79 Å². The first kappa shape index (κ1) is 15.5. The van der Waals surface area contributed by atoms with Crippen molar-refractivity contribution in [1.29, 1.82) is 0 Å². The SMILES string of the molecule is CCCCCC(C)NC(=O)c1oc2c(F)cccc2c1C. The minimum atomic E-state index is -0.439. The summed E-state index contributed by atoms with van der Waals surface area (Å²) >= 11 is 0. The van der Waals surface area contributed by atoms with Crippen molar-refractivity contribution in [3.63, 3.8) is 0 Å². The molecule has 21 heavy (non-hydrogen) atoms. The summed E-state index contributed by atoms with van der Waals surface area (Å²) in [5.41, 5.74) is 0.835. The van der Waals surface area contributed by atoms with Crippen molar-refractivity contribution < 1.29 is 13.6 Å². The van der Waals surface area contributed by atoms with Gasteiger partial charge in [-0.15, -0.1) is 0 Å². The molecule has 0 saturated carbocycles. The number of rotatable bonds is 6. The molecule has 0 aliphatic rings. The van der Waals surface area contributed by atoms with Gasteiger partial charge in [-0.1, -0.05) is 38.3 Å². The number of halogens is 1. The maximum Gasteiger partial charge on any atom is 0.287 e. The van der Waals surface area contributed by atoms with Crippen LogP contribution in [-0.4, -0.2) is 11.9 Å². The molecule has 0 saturated heterocycles. The molecule has 3 nitrogen and oxygen atoms in total. The molecule has 1 atom stereocenters. The van der Waals surface area contributed by atoms with E-state index < -0.39 is 5.82 Å². The summed E-state index contributed by atoms with van der Waals surface area (Å²) in [6, 6.07) is 4.80. The van der Waals surface area contributed by atoms with Crippen molar-refractivity contribution >= 4 is 16.9 Å². The number of carbonyl (C=O) groups excluding carboxylic acids is 1. The number of furan rings is 1. The minimum Gasteiger partial charge on any atom is -0.448 e. The Morgan fingerprint density at radius 3 is 2.81 bits per heavy atom. The summed E-state index contributed by atoms with van der Waals surface area (Å²) in [5.74, 6) is -0.504. The lowest BCUT2D eigenvalue weighted by Crippen LogP contribution is -2.32. The molecule has 1 unspecified atom stereocenters. The van der Waals surface area contributed by atoms with E-state index >= 15 is 0 Å². The number of hydrogen-bond donors (Lipinski definition) is 1. The molecule has 2 rings (SSSR count). The number of para-hydroxylation sites is 1. The molecular weight excluding hydrogens is 269 g/mol. The Hall–Kier alpha value is -1.84. The fourth-order valence-corrected chi connectivity index (χ4v) is 2.49. The fraction of sp³-hybridized carbons (Fsp3) is 0.471. The van der Waals surface area contributed by atoms with E-state index in [4.69, 9.17) is 4.42 Å². The van der Waals surface area contributed by atoms with Gasteiger partial charge in [0.25, 0.3) is 5.91 Å². The highest BCUT2D eigenvalue weighted by Gasteiger charge is 2.20. The van der Waals surface area contributed by atoms with E-state index in [0.717, 1.165) is 25.7 Å². The largest absolute Gasteiger partial charge is 0.448 e. The first-order chi connectivity index (χ1) is 10.0. The second-order valence-electron chi connectivity index (χ2n) is 5.54. The molecule has 0 aliphatic heterocycles. The van der Waals surface area contributed by atoms with Gasteiger partial charge in [-0.05, 0) is 26.3 Å².